The average Bonchev–Trinajstić information content (AvgIpc) is 2.27. The van der Waals surface area contributed by atoms with Crippen molar-refractivity contribution in [1.29, 1.82) is 0 Å². The van der Waals surface area contributed by atoms with Crippen molar-refractivity contribution in [1.82, 2.24) is 0 Å². The summed E-state index contributed by atoms with van der Waals surface area (Å²) in [5.41, 5.74) is -0.178. The van der Waals surface area contributed by atoms with E-state index in [1.54, 1.807) is 6.92 Å². The zero-order valence-corrected chi connectivity index (χ0v) is 11.8. The third-order valence-electron chi connectivity index (χ3n) is 3.03. The molecule has 1 N–H and O–H groups in total. The van der Waals surface area contributed by atoms with E-state index in [0.29, 0.717) is 6.42 Å². The van der Waals surface area contributed by atoms with Gasteiger partial charge in [0, 0.05) is 17.7 Å². The van der Waals surface area contributed by atoms with Crippen molar-refractivity contribution < 1.29 is 18.4 Å². The maximum absolute atomic E-state index is 11.6. The van der Waals surface area contributed by atoms with Crippen molar-refractivity contribution in [3.8, 4) is 0 Å². The lowest BCUT2D eigenvalue weighted by atomic mass is 9.90. The van der Waals surface area contributed by atoms with E-state index < -0.39 is 32.5 Å². The van der Waals surface area contributed by atoms with Gasteiger partial charge in [0.05, 0.1) is 11.0 Å². The first kappa shape index (κ1) is 15.6. The lowest BCUT2D eigenvalue weighted by Gasteiger charge is -2.19. The topological polar surface area (TPSA) is 97.5 Å². The zero-order chi connectivity index (χ0) is 14.8. The molecule has 0 aliphatic carbocycles. The SMILES string of the molecule is CCC(c1cccc(S(C)(=O)=O)c1[N+](=O)[O-])C(C)O. The number of para-hydroxylation sites is 1. The molecule has 6 nitrogen and oxygen atoms in total. The molecule has 0 radical (unpaired) electrons. The molecule has 0 fully saturated rings. The van der Waals surface area contributed by atoms with Gasteiger partial charge in [0.2, 0.25) is 0 Å². The molecule has 1 aromatic carbocycles. The fraction of sp³-hybridized carbons (Fsp3) is 0.500. The van der Waals surface area contributed by atoms with E-state index in [1.165, 1.54) is 25.1 Å². The fourth-order valence-corrected chi connectivity index (χ4v) is 3.02. The van der Waals surface area contributed by atoms with Crippen LogP contribution in [-0.4, -0.2) is 30.8 Å². The Balaban J connectivity index is 3.62. The van der Waals surface area contributed by atoms with Crippen molar-refractivity contribution in [3.63, 3.8) is 0 Å². The average molecular weight is 287 g/mol. The minimum absolute atomic E-state index is 0.255. The molecule has 0 aliphatic rings. The van der Waals surface area contributed by atoms with Gasteiger partial charge in [0.15, 0.2) is 9.84 Å². The van der Waals surface area contributed by atoms with Crippen LogP contribution in [0.15, 0.2) is 23.1 Å². The molecule has 1 aromatic rings. The van der Waals surface area contributed by atoms with Gasteiger partial charge in [-0.1, -0.05) is 19.1 Å². The first-order valence-electron chi connectivity index (χ1n) is 5.85. The van der Waals surface area contributed by atoms with E-state index in [-0.39, 0.29) is 10.5 Å². The Bertz CT molecular complexity index is 580. The van der Waals surface area contributed by atoms with Gasteiger partial charge >= 0.3 is 0 Å². The Morgan fingerprint density at radius 1 is 1.42 bits per heavy atom. The highest BCUT2D eigenvalue weighted by atomic mass is 32.2. The molecule has 0 heterocycles. The highest BCUT2D eigenvalue weighted by molar-refractivity contribution is 7.90. The molecule has 2 atom stereocenters. The third kappa shape index (κ3) is 3.30. The van der Waals surface area contributed by atoms with Crippen molar-refractivity contribution >= 4 is 15.5 Å². The van der Waals surface area contributed by atoms with Gasteiger partial charge in [-0.2, -0.15) is 0 Å². The largest absolute Gasteiger partial charge is 0.393 e. The van der Waals surface area contributed by atoms with Gasteiger partial charge in [-0.15, -0.1) is 0 Å². The van der Waals surface area contributed by atoms with Crippen LogP contribution in [-0.2, 0) is 9.84 Å². The number of nitro groups is 1. The summed E-state index contributed by atoms with van der Waals surface area (Å²) in [5.74, 6) is -0.470. The van der Waals surface area contributed by atoms with Gasteiger partial charge in [-0.3, -0.25) is 10.1 Å². The number of nitro benzene ring substituents is 1. The van der Waals surface area contributed by atoms with Crippen LogP contribution in [0.3, 0.4) is 0 Å². The lowest BCUT2D eigenvalue weighted by molar-refractivity contribution is -0.388. The molecule has 0 aromatic heterocycles. The van der Waals surface area contributed by atoms with E-state index >= 15 is 0 Å². The molecule has 7 heteroatoms. The Morgan fingerprint density at radius 2 is 2.00 bits per heavy atom. The van der Waals surface area contributed by atoms with Crippen LogP contribution < -0.4 is 0 Å². The second-order valence-electron chi connectivity index (χ2n) is 4.48. The van der Waals surface area contributed by atoms with E-state index in [2.05, 4.69) is 0 Å². The quantitative estimate of drug-likeness (QED) is 0.658. The van der Waals surface area contributed by atoms with Crippen LogP contribution in [0.5, 0.6) is 0 Å². The highest BCUT2D eigenvalue weighted by Gasteiger charge is 2.30. The maximum atomic E-state index is 11.6. The summed E-state index contributed by atoms with van der Waals surface area (Å²) < 4.78 is 23.2. The molecular weight excluding hydrogens is 270 g/mol. The van der Waals surface area contributed by atoms with Crippen LogP contribution in [0.2, 0.25) is 0 Å². The second kappa shape index (κ2) is 5.66. The highest BCUT2D eigenvalue weighted by Crippen LogP contribution is 2.35. The van der Waals surface area contributed by atoms with E-state index in [1.807, 2.05) is 0 Å². The predicted molar refractivity (Wildman–Crippen MR) is 70.9 cm³/mol. The summed E-state index contributed by atoms with van der Waals surface area (Å²) in [6, 6.07) is 4.17. The van der Waals surface area contributed by atoms with Crippen LogP contribution in [0.4, 0.5) is 5.69 Å². The summed E-state index contributed by atoms with van der Waals surface area (Å²) in [7, 11) is -3.69. The van der Waals surface area contributed by atoms with Crippen LogP contribution in [0.1, 0.15) is 31.7 Å². The van der Waals surface area contributed by atoms with Crippen LogP contribution in [0, 0.1) is 10.1 Å². The van der Waals surface area contributed by atoms with Gasteiger partial charge < -0.3 is 5.11 Å². The monoisotopic (exact) mass is 287 g/mol. The zero-order valence-electron chi connectivity index (χ0n) is 11.0. The standard InChI is InChI=1S/C12H17NO5S/c1-4-9(8(2)14)10-6-5-7-11(19(3,17)18)12(10)13(15)16/h5-9,14H,4H2,1-3H3. The number of rotatable bonds is 5. The van der Waals surface area contributed by atoms with Crippen molar-refractivity contribution in [2.24, 2.45) is 0 Å². The molecule has 19 heavy (non-hydrogen) atoms. The maximum Gasteiger partial charge on any atom is 0.291 e. The summed E-state index contributed by atoms with van der Waals surface area (Å²) in [6.07, 6.45) is 0.618. The summed E-state index contributed by atoms with van der Waals surface area (Å²) >= 11 is 0. The molecule has 0 saturated carbocycles. The normalized spacial score (nSPS) is 14.9. The first-order valence-corrected chi connectivity index (χ1v) is 7.74. The van der Waals surface area contributed by atoms with Crippen molar-refractivity contribution in [2.45, 2.75) is 37.2 Å². The van der Waals surface area contributed by atoms with E-state index in [4.69, 9.17) is 0 Å². The van der Waals surface area contributed by atoms with Gasteiger partial charge in [-0.05, 0) is 19.4 Å². The summed E-state index contributed by atoms with van der Waals surface area (Å²) in [4.78, 5) is 10.2. The fourth-order valence-electron chi connectivity index (χ4n) is 2.15. The first-order chi connectivity index (χ1) is 8.70. The van der Waals surface area contributed by atoms with Crippen molar-refractivity contribution in [2.75, 3.05) is 6.26 Å². The van der Waals surface area contributed by atoms with Crippen LogP contribution in [0.25, 0.3) is 0 Å². The molecule has 0 amide bonds. The number of hydrogen-bond acceptors (Lipinski definition) is 5. The Morgan fingerprint density at radius 3 is 2.37 bits per heavy atom. The Hall–Kier alpha value is -1.47. The van der Waals surface area contributed by atoms with Crippen LogP contribution >= 0.6 is 0 Å². The molecule has 0 aliphatic heterocycles. The molecule has 0 saturated heterocycles. The number of nitrogens with zero attached hydrogens (tertiary/aromatic N) is 1. The minimum atomic E-state index is -3.69. The molecule has 2 unspecified atom stereocenters. The van der Waals surface area contributed by atoms with Gasteiger partial charge in [0.1, 0.15) is 4.90 Å². The van der Waals surface area contributed by atoms with E-state index in [9.17, 15) is 23.6 Å². The summed E-state index contributed by atoms with van der Waals surface area (Å²) in [6.45, 7) is 3.32. The number of hydrogen-bond donors (Lipinski definition) is 1. The predicted octanol–water partition coefficient (Wildman–Crippen LogP) is 1.87. The minimum Gasteiger partial charge on any atom is -0.393 e. The molecular formula is C12H17NO5S. The lowest BCUT2D eigenvalue weighted by Crippen LogP contribution is -2.16. The summed E-state index contributed by atoms with van der Waals surface area (Å²) in [5, 5.41) is 20.9. The molecule has 106 valence electrons. The number of aliphatic hydroxyl groups is 1. The number of aliphatic hydroxyl groups excluding tert-OH is 1. The second-order valence-corrected chi connectivity index (χ2v) is 6.46. The Kier molecular flexibility index (Phi) is 4.65. The molecule has 0 bridgehead atoms. The smallest absolute Gasteiger partial charge is 0.291 e. The number of benzene rings is 1. The number of sulfone groups is 1. The van der Waals surface area contributed by atoms with Crippen molar-refractivity contribution in [3.05, 3.63) is 33.9 Å². The molecule has 0 spiro atoms. The van der Waals surface area contributed by atoms with Gasteiger partial charge in [-0.25, -0.2) is 8.42 Å². The molecule has 1 rings (SSSR count). The van der Waals surface area contributed by atoms with E-state index in [0.717, 1.165) is 6.26 Å². The van der Waals surface area contributed by atoms with Gasteiger partial charge in [0.25, 0.3) is 5.69 Å². The Labute approximate surface area is 112 Å². The third-order valence-corrected chi connectivity index (χ3v) is 4.16.